The Hall–Kier alpha value is -5.72. The summed E-state index contributed by atoms with van der Waals surface area (Å²) in [6.45, 7) is 0. The summed E-state index contributed by atoms with van der Waals surface area (Å²) in [6, 6.07) is 52.0. The molecule has 2 aliphatic rings. The van der Waals surface area contributed by atoms with Gasteiger partial charge in [-0.05, 0) is 118 Å². The Kier molecular flexibility index (Phi) is 5.50. The highest BCUT2D eigenvalue weighted by Gasteiger charge is 2.22. The van der Waals surface area contributed by atoms with Gasteiger partial charge in [-0.15, -0.1) is 0 Å². The van der Waals surface area contributed by atoms with E-state index in [1.165, 1.54) is 98.7 Å². The van der Waals surface area contributed by atoms with Crippen LogP contribution in [0.4, 0.5) is 0 Å². The lowest BCUT2D eigenvalue weighted by Gasteiger charge is -2.25. The SMILES string of the molecule is C1=Cc2ccc3ccc(-c4ccc(-c5c6ccccc6c(-c6ccc7ccccc7c6)c6ccccc56)cc4)c4c3c2C(=CC4)C1. The van der Waals surface area contributed by atoms with Gasteiger partial charge in [0.25, 0.3) is 0 Å². The Morgan fingerprint density at radius 3 is 1.74 bits per heavy atom. The number of hydrogen-bond donors (Lipinski definition) is 0. The fraction of sp³-hybridized carbons (Fsp3) is 0.0435. The van der Waals surface area contributed by atoms with Crippen molar-refractivity contribution in [2.45, 2.75) is 12.8 Å². The number of benzene rings is 8. The van der Waals surface area contributed by atoms with Crippen molar-refractivity contribution in [1.82, 2.24) is 0 Å². The van der Waals surface area contributed by atoms with E-state index in [2.05, 4.69) is 158 Å². The molecule has 0 nitrogen and oxygen atoms in total. The maximum absolute atomic E-state index is 2.46. The number of fused-ring (bicyclic) bond motifs is 3. The third-order valence-electron chi connectivity index (χ3n) is 10.3. The Labute approximate surface area is 268 Å². The highest BCUT2D eigenvalue weighted by molar-refractivity contribution is 6.21. The van der Waals surface area contributed by atoms with Crippen LogP contribution in [0.15, 0.2) is 152 Å². The van der Waals surface area contributed by atoms with Crippen LogP contribution in [0.2, 0.25) is 0 Å². The van der Waals surface area contributed by atoms with E-state index in [0.29, 0.717) is 0 Å². The van der Waals surface area contributed by atoms with Crippen molar-refractivity contribution in [2.75, 3.05) is 0 Å². The maximum atomic E-state index is 2.46. The van der Waals surface area contributed by atoms with Crippen LogP contribution in [0.3, 0.4) is 0 Å². The summed E-state index contributed by atoms with van der Waals surface area (Å²) in [6.07, 6.45) is 9.07. The Morgan fingerprint density at radius 2 is 1.00 bits per heavy atom. The van der Waals surface area contributed by atoms with E-state index in [-0.39, 0.29) is 0 Å². The molecule has 0 fully saturated rings. The van der Waals surface area contributed by atoms with E-state index in [1.54, 1.807) is 0 Å². The molecule has 0 radical (unpaired) electrons. The molecule has 0 heteroatoms. The summed E-state index contributed by atoms with van der Waals surface area (Å²) >= 11 is 0. The lowest BCUT2D eigenvalue weighted by molar-refractivity contribution is 1.23. The van der Waals surface area contributed by atoms with E-state index < -0.39 is 0 Å². The summed E-state index contributed by atoms with van der Waals surface area (Å²) < 4.78 is 0. The smallest absolute Gasteiger partial charge is 0.00262 e. The van der Waals surface area contributed by atoms with Crippen molar-refractivity contribution in [1.29, 1.82) is 0 Å². The minimum atomic E-state index is 0.986. The van der Waals surface area contributed by atoms with Crippen LogP contribution in [0, 0.1) is 0 Å². The minimum absolute atomic E-state index is 0.986. The second kappa shape index (κ2) is 9.89. The molecule has 0 spiro atoms. The molecule has 0 bridgehead atoms. The molecule has 214 valence electrons. The molecule has 0 saturated heterocycles. The van der Waals surface area contributed by atoms with Gasteiger partial charge in [-0.2, -0.15) is 0 Å². The first-order valence-electron chi connectivity index (χ1n) is 16.3. The van der Waals surface area contributed by atoms with Crippen molar-refractivity contribution in [3.8, 4) is 33.4 Å². The number of rotatable bonds is 3. The fourth-order valence-electron chi connectivity index (χ4n) is 8.21. The van der Waals surface area contributed by atoms with E-state index in [4.69, 9.17) is 0 Å². The van der Waals surface area contributed by atoms with Crippen LogP contribution >= 0.6 is 0 Å². The first-order valence-corrected chi connectivity index (χ1v) is 16.3. The maximum Gasteiger partial charge on any atom is -0.00262 e. The summed E-state index contributed by atoms with van der Waals surface area (Å²) in [4.78, 5) is 0. The number of allylic oxidation sites excluding steroid dienone is 3. The van der Waals surface area contributed by atoms with Gasteiger partial charge in [0.05, 0.1) is 0 Å². The average molecular weight is 583 g/mol. The summed E-state index contributed by atoms with van der Waals surface area (Å²) in [5.74, 6) is 0. The van der Waals surface area contributed by atoms with Crippen LogP contribution in [-0.4, -0.2) is 0 Å². The molecule has 0 amide bonds. The molecule has 8 aromatic carbocycles. The van der Waals surface area contributed by atoms with Crippen LogP contribution in [-0.2, 0) is 6.42 Å². The molecule has 0 atom stereocenters. The standard InChI is InChI=1S/C46H30/c1-2-9-35-28-36(23-16-29(35)8-1)45-40-14-5-3-12-38(40)44(39-13-4-6-15-41(39)45)33-19-17-30(18-20-33)37-26-24-34-22-21-31-10-7-11-32-25-27-42(37)46(34)43(31)32/h1-10,12-26,28H,11,27H2. The number of hydrogen-bond acceptors (Lipinski definition) is 0. The second-order valence-electron chi connectivity index (χ2n) is 12.7. The predicted octanol–water partition coefficient (Wildman–Crippen LogP) is 12.7. The van der Waals surface area contributed by atoms with Gasteiger partial charge < -0.3 is 0 Å². The Balaban J connectivity index is 1.16. The second-order valence-corrected chi connectivity index (χ2v) is 12.7. The van der Waals surface area contributed by atoms with E-state index in [1.807, 2.05) is 0 Å². The Bertz CT molecular complexity index is 2550. The summed E-state index contributed by atoms with van der Waals surface area (Å²) in [7, 11) is 0. The molecule has 0 unspecified atom stereocenters. The van der Waals surface area contributed by atoms with Gasteiger partial charge in [-0.25, -0.2) is 0 Å². The zero-order valence-corrected chi connectivity index (χ0v) is 25.4. The molecule has 0 N–H and O–H groups in total. The molecule has 8 aromatic rings. The van der Waals surface area contributed by atoms with Gasteiger partial charge >= 0.3 is 0 Å². The lowest BCUT2D eigenvalue weighted by atomic mass is 9.79. The molecule has 2 aliphatic carbocycles. The lowest BCUT2D eigenvalue weighted by Crippen LogP contribution is -2.04. The zero-order chi connectivity index (χ0) is 30.2. The molecule has 0 aromatic heterocycles. The van der Waals surface area contributed by atoms with Crippen molar-refractivity contribution in [3.05, 3.63) is 168 Å². The molecular weight excluding hydrogens is 553 g/mol. The normalized spacial score (nSPS) is 13.5. The van der Waals surface area contributed by atoms with Gasteiger partial charge in [0, 0.05) is 0 Å². The van der Waals surface area contributed by atoms with Crippen molar-refractivity contribution < 1.29 is 0 Å². The zero-order valence-electron chi connectivity index (χ0n) is 25.4. The Morgan fingerprint density at radius 1 is 0.413 bits per heavy atom. The van der Waals surface area contributed by atoms with E-state index in [9.17, 15) is 0 Å². The summed E-state index contributed by atoms with van der Waals surface area (Å²) in [5, 5.41) is 10.5. The van der Waals surface area contributed by atoms with Crippen LogP contribution in [0.1, 0.15) is 23.1 Å². The molecular formula is C46H30. The molecule has 0 aliphatic heterocycles. The highest BCUT2D eigenvalue weighted by Crippen LogP contribution is 2.46. The minimum Gasteiger partial charge on any atom is -0.0795 e. The molecule has 0 saturated carbocycles. The quantitative estimate of drug-likeness (QED) is 0.182. The van der Waals surface area contributed by atoms with Crippen molar-refractivity contribution in [2.24, 2.45) is 0 Å². The third-order valence-corrected chi connectivity index (χ3v) is 10.3. The van der Waals surface area contributed by atoms with Crippen molar-refractivity contribution >= 4 is 54.7 Å². The van der Waals surface area contributed by atoms with Crippen LogP contribution < -0.4 is 0 Å². The predicted molar refractivity (Wildman–Crippen MR) is 198 cm³/mol. The van der Waals surface area contributed by atoms with Gasteiger partial charge in [0.2, 0.25) is 0 Å². The van der Waals surface area contributed by atoms with Gasteiger partial charge in [-0.3, -0.25) is 0 Å². The van der Waals surface area contributed by atoms with E-state index >= 15 is 0 Å². The van der Waals surface area contributed by atoms with Gasteiger partial charge in [0.15, 0.2) is 0 Å². The van der Waals surface area contributed by atoms with Gasteiger partial charge in [0.1, 0.15) is 0 Å². The average Bonchev–Trinajstić information content (AvgIpc) is 3.12. The van der Waals surface area contributed by atoms with Crippen LogP contribution in [0.25, 0.3) is 88.1 Å². The third kappa shape index (κ3) is 3.74. The summed E-state index contributed by atoms with van der Waals surface area (Å²) in [5.41, 5.74) is 13.5. The fourth-order valence-corrected chi connectivity index (χ4v) is 8.21. The molecule has 10 rings (SSSR count). The first kappa shape index (κ1) is 25.6. The van der Waals surface area contributed by atoms with Crippen molar-refractivity contribution in [3.63, 3.8) is 0 Å². The van der Waals surface area contributed by atoms with E-state index in [0.717, 1.165) is 12.8 Å². The monoisotopic (exact) mass is 582 g/mol. The van der Waals surface area contributed by atoms with Crippen LogP contribution in [0.5, 0.6) is 0 Å². The topological polar surface area (TPSA) is 0 Å². The van der Waals surface area contributed by atoms with Gasteiger partial charge in [-0.1, -0.05) is 152 Å². The highest BCUT2D eigenvalue weighted by atomic mass is 14.3. The largest absolute Gasteiger partial charge is 0.0795 e. The molecule has 46 heavy (non-hydrogen) atoms. The molecule has 0 heterocycles. The first-order chi connectivity index (χ1) is 22.8.